The Morgan fingerprint density at radius 3 is 2.64 bits per heavy atom. The van der Waals surface area contributed by atoms with Crippen molar-refractivity contribution < 1.29 is 14.3 Å². The van der Waals surface area contributed by atoms with E-state index in [0.717, 1.165) is 27.8 Å². The molecule has 0 saturated heterocycles. The minimum absolute atomic E-state index is 0.281. The average molecular weight is 435 g/mol. The van der Waals surface area contributed by atoms with Crippen LogP contribution in [0.5, 0.6) is 0 Å². The topological polar surface area (TPSA) is 67.8 Å². The van der Waals surface area contributed by atoms with E-state index in [1.54, 1.807) is 41.7 Å². The first-order valence-electron chi connectivity index (χ1n) is 8.68. The standard InChI is InChI=1S/C20H19ClN2O3S2/c21-17-8-4-2-5-14(17)11-23-18(24)12-26-19(25)16-7-3-1-6-15(16)13-28-20-22-9-10-27-20/h1-8H,9-13H2,(H,23,24). The molecule has 2 aromatic rings. The smallest absolute Gasteiger partial charge is 0.338 e. The highest BCUT2D eigenvalue weighted by molar-refractivity contribution is 8.38. The second-order valence-electron chi connectivity index (χ2n) is 5.89. The van der Waals surface area contributed by atoms with Crippen molar-refractivity contribution in [3.8, 4) is 0 Å². The minimum Gasteiger partial charge on any atom is -0.452 e. The molecule has 1 heterocycles. The van der Waals surface area contributed by atoms with Gasteiger partial charge in [-0.05, 0) is 23.3 Å². The molecule has 0 unspecified atom stereocenters. The number of aliphatic imine (C=N–C) groups is 1. The number of nitrogens with one attached hydrogen (secondary N) is 1. The van der Waals surface area contributed by atoms with Crippen molar-refractivity contribution in [1.82, 2.24) is 5.32 Å². The van der Waals surface area contributed by atoms with Gasteiger partial charge in [-0.15, -0.1) is 0 Å². The zero-order valence-electron chi connectivity index (χ0n) is 15.0. The van der Waals surface area contributed by atoms with Gasteiger partial charge in [0.05, 0.1) is 12.1 Å². The number of carbonyl (C=O) groups excluding carboxylic acids is 2. The molecule has 0 saturated carbocycles. The molecule has 8 heteroatoms. The number of amides is 1. The zero-order valence-corrected chi connectivity index (χ0v) is 17.4. The summed E-state index contributed by atoms with van der Waals surface area (Å²) < 4.78 is 6.24. The maximum absolute atomic E-state index is 12.4. The molecule has 28 heavy (non-hydrogen) atoms. The highest BCUT2D eigenvalue weighted by atomic mass is 35.5. The molecule has 1 aliphatic rings. The van der Waals surface area contributed by atoms with Gasteiger partial charge < -0.3 is 10.1 Å². The number of carbonyl (C=O) groups is 2. The van der Waals surface area contributed by atoms with Crippen molar-refractivity contribution in [2.75, 3.05) is 18.9 Å². The van der Waals surface area contributed by atoms with Gasteiger partial charge in [0.2, 0.25) is 0 Å². The van der Waals surface area contributed by atoms with E-state index in [-0.39, 0.29) is 19.1 Å². The monoisotopic (exact) mass is 434 g/mol. The summed E-state index contributed by atoms with van der Waals surface area (Å²) in [5.74, 6) is 0.757. The Morgan fingerprint density at radius 1 is 1.14 bits per heavy atom. The van der Waals surface area contributed by atoms with Crippen LogP contribution in [-0.4, -0.2) is 35.2 Å². The van der Waals surface area contributed by atoms with E-state index in [2.05, 4.69) is 10.3 Å². The molecular formula is C20H19ClN2O3S2. The Bertz CT molecular complexity index is 889. The Balaban J connectivity index is 1.50. The highest BCUT2D eigenvalue weighted by Gasteiger charge is 2.16. The lowest BCUT2D eigenvalue weighted by Crippen LogP contribution is -2.28. The second kappa shape index (κ2) is 10.5. The Hall–Kier alpha value is -1.96. The van der Waals surface area contributed by atoms with E-state index in [4.69, 9.17) is 16.3 Å². The van der Waals surface area contributed by atoms with Crippen LogP contribution in [0.3, 0.4) is 0 Å². The van der Waals surface area contributed by atoms with Crippen molar-refractivity contribution in [3.63, 3.8) is 0 Å². The molecule has 0 aliphatic carbocycles. The maximum Gasteiger partial charge on any atom is 0.338 e. The van der Waals surface area contributed by atoms with Gasteiger partial charge in [-0.25, -0.2) is 4.79 Å². The Labute approximate surface area is 177 Å². The molecule has 3 rings (SSSR count). The summed E-state index contributed by atoms with van der Waals surface area (Å²) in [6.07, 6.45) is 0. The number of hydrogen-bond acceptors (Lipinski definition) is 6. The molecule has 1 aliphatic heterocycles. The Morgan fingerprint density at radius 2 is 1.89 bits per heavy atom. The van der Waals surface area contributed by atoms with E-state index in [0.29, 0.717) is 16.3 Å². The zero-order chi connectivity index (χ0) is 19.8. The summed E-state index contributed by atoms with van der Waals surface area (Å²) in [4.78, 5) is 28.8. The van der Waals surface area contributed by atoms with Crippen molar-refractivity contribution in [2.45, 2.75) is 12.3 Å². The predicted octanol–water partition coefficient (Wildman–Crippen LogP) is 4.15. The van der Waals surface area contributed by atoms with Gasteiger partial charge in [-0.2, -0.15) is 0 Å². The fourth-order valence-electron chi connectivity index (χ4n) is 2.48. The van der Waals surface area contributed by atoms with Gasteiger partial charge in [-0.3, -0.25) is 9.79 Å². The molecule has 0 spiro atoms. The van der Waals surface area contributed by atoms with E-state index >= 15 is 0 Å². The quantitative estimate of drug-likeness (QED) is 0.663. The van der Waals surface area contributed by atoms with Crippen molar-refractivity contribution in [3.05, 3.63) is 70.2 Å². The van der Waals surface area contributed by atoms with Crippen LogP contribution in [0.25, 0.3) is 0 Å². The minimum atomic E-state index is -0.509. The molecule has 0 fully saturated rings. The summed E-state index contributed by atoms with van der Waals surface area (Å²) in [5, 5.41) is 3.28. The van der Waals surface area contributed by atoms with Gasteiger partial charge in [-0.1, -0.05) is 71.5 Å². The predicted molar refractivity (Wildman–Crippen MR) is 116 cm³/mol. The number of halogens is 1. The van der Waals surface area contributed by atoms with Gasteiger partial charge in [0.15, 0.2) is 6.61 Å². The third-order valence-corrected chi connectivity index (χ3v) is 6.58. The molecule has 5 nitrogen and oxygen atoms in total. The first-order valence-corrected chi connectivity index (χ1v) is 11.0. The first kappa shape index (κ1) is 20.8. The number of rotatable bonds is 7. The molecule has 146 valence electrons. The van der Waals surface area contributed by atoms with Crippen LogP contribution in [0.2, 0.25) is 5.02 Å². The lowest BCUT2D eigenvalue weighted by atomic mass is 10.1. The summed E-state index contributed by atoms with van der Waals surface area (Å²) >= 11 is 9.40. The molecule has 2 aromatic carbocycles. The van der Waals surface area contributed by atoms with Crippen LogP contribution < -0.4 is 5.32 Å². The third kappa shape index (κ3) is 6.02. The fourth-order valence-corrected chi connectivity index (χ4v) is 4.70. The largest absolute Gasteiger partial charge is 0.452 e. The van der Waals surface area contributed by atoms with Gasteiger partial charge in [0.1, 0.15) is 4.38 Å². The maximum atomic E-state index is 12.4. The molecular weight excluding hydrogens is 416 g/mol. The average Bonchev–Trinajstić information content (AvgIpc) is 3.24. The van der Waals surface area contributed by atoms with Crippen molar-refractivity contribution in [2.24, 2.45) is 4.99 Å². The molecule has 0 aromatic heterocycles. The van der Waals surface area contributed by atoms with E-state index in [9.17, 15) is 9.59 Å². The number of nitrogens with zero attached hydrogens (tertiary/aromatic N) is 1. The van der Waals surface area contributed by atoms with E-state index in [1.165, 1.54) is 0 Å². The number of esters is 1. The van der Waals surface area contributed by atoms with Gasteiger partial charge >= 0.3 is 5.97 Å². The van der Waals surface area contributed by atoms with Gasteiger partial charge in [0, 0.05) is 23.1 Å². The van der Waals surface area contributed by atoms with Crippen LogP contribution >= 0.6 is 35.1 Å². The van der Waals surface area contributed by atoms with Gasteiger partial charge in [0.25, 0.3) is 5.91 Å². The van der Waals surface area contributed by atoms with Crippen LogP contribution in [0.15, 0.2) is 53.5 Å². The van der Waals surface area contributed by atoms with E-state index < -0.39 is 5.97 Å². The van der Waals surface area contributed by atoms with Crippen LogP contribution in [0.4, 0.5) is 0 Å². The summed E-state index contributed by atoms with van der Waals surface area (Å²) in [6.45, 7) is 0.788. The van der Waals surface area contributed by atoms with Crippen LogP contribution in [0.1, 0.15) is 21.5 Å². The molecule has 1 amide bonds. The van der Waals surface area contributed by atoms with E-state index in [1.807, 2.05) is 30.3 Å². The lowest BCUT2D eigenvalue weighted by molar-refractivity contribution is -0.124. The van der Waals surface area contributed by atoms with Crippen molar-refractivity contribution >= 4 is 51.4 Å². The number of hydrogen-bond donors (Lipinski definition) is 1. The van der Waals surface area contributed by atoms with Crippen molar-refractivity contribution in [1.29, 1.82) is 0 Å². The van der Waals surface area contributed by atoms with Crippen LogP contribution in [-0.2, 0) is 21.8 Å². The third-order valence-electron chi connectivity index (χ3n) is 3.91. The number of ether oxygens (including phenoxy) is 1. The Kier molecular flexibility index (Phi) is 7.82. The first-order chi connectivity index (χ1) is 13.6. The SMILES string of the molecule is O=C(COC(=O)c1ccccc1CSC1=NCCS1)NCc1ccccc1Cl. The molecule has 1 N–H and O–H groups in total. The molecule has 0 atom stereocenters. The molecule has 0 radical (unpaired) electrons. The highest BCUT2D eigenvalue weighted by Crippen LogP contribution is 2.26. The molecule has 0 bridgehead atoms. The normalized spacial score (nSPS) is 13.1. The summed E-state index contributed by atoms with van der Waals surface area (Å²) in [7, 11) is 0. The summed E-state index contributed by atoms with van der Waals surface area (Å²) in [5.41, 5.74) is 2.14. The fraction of sp³-hybridized carbons (Fsp3) is 0.250. The lowest BCUT2D eigenvalue weighted by Gasteiger charge is -2.10. The number of benzene rings is 2. The summed E-state index contributed by atoms with van der Waals surface area (Å²) in [6, 6.07) is 14.5. The van der Waals surface area contributed by atoms with Crippen LogP contribution in [0, 0.1) is 0 Å². The number of thioether (sulfide) groups is 2. The second-order valence-corrected chi connectivity index (χ2v) is 8.60.